The predicted octanol–water partition coefficient (Wildman–Crippen LogP) is 1.80. The molecule has 24 heavy (non-hydrogen) atoms. The first-order valence-electron chi connectivity index (χ1n) is 8.13. The van der Waals surface area contributed by atoms with E-state index in [0.29, 0.717) is 38.0 Å². The average molecular weight is 343 g/mol. The van der Waals surface area contributed by atoms with Crippen LogP contribution in [-0.2, 0) is 9.59 Å². The average Bonchev–Trinajstić information content (AvgIpc) is 2.46. The maximum absolute atomic E-state index is 13.4. The van der Waals surface area contributed by atoms with Gasteiger partial charge in [-0.3, -0.25) is 14.5 Å². The fraction of sp³-hybridized carbons (Fsp3) is 0.647. The molecule has 1 fully saturated rings. The molecule has 1 atom stereocenters. The van der Waals surface area contributed by atoms with Crippen LogP contribution in [0, 0.1) is 5.92 Å². The van der Waals surface area contributed by atoms with Crippen LogP contribution in [-0.4, -0.2) is 60.9 Å². The summed E-state index contributed by atoms with van der Waals surface area (Å²) in [5.74, 6) is -1.07. The number of likely N-dealkylation sites (tertiary alicyclic amines) is 1. The molecule has 0 saturated carbocycles. The zero-order valence-electron chi connectivity index (χ0n) is 14.5. The number of hydrogen-bond acceptors (Lipinski definition) is 4. The van der Waals surface area contributed by atoms with Gasteiger partial charge in [0, 0.05) is 32.9 Å². The highest BCUT2D eigenvalue weighted by molar-refractivity contribution is 5.80. The molecule has 2 N–H and O–H groups in total. The summed E-state index contributed by atoms with van der Waals surface area (Å²) in [4.78, 5) is 25.8. The number of amides is 1. The Balaban J connectivity index is 2.83. The fourth-order valence-electron chi connectivity index (χ4n) is 2.64. The zero-order chi connectivity index (χ0) is 18.3. The molecule has 5 nitrogen and oxygen atoms in total. The van der Waals surface area contributed by atoms with E-state index < -0.39 is 23.9 Å². The van der Waals surface area contributed by atoms with Gasteiger partial charge in [-0.25, -0.2) is 8.78 Å². The number of carbonyl (C=O) groups excluding carboxylic acids is 2. The number of allylic oxidation sites excluding steroid dienone is 2. The number of hydrogen-bond donors (Lipinski definition) is 1. The molecule has 136 valence electrons. The van der Waals surface area contributed by atoms with E-state index in [9.17, 15) is 18.4 Å². The van der Waals surface area contributed by atoms with Gasteiger partial charge in [0.2, 0.25) is 5.91 Å². The van der Waals surface area contributed by atoms with Gasteiger partial charge in [0.25, 0.3) is 0 Å². The maximum atomic E-state index is 13.4. The van der Waals surface area contributed by atoms with Crippen LogP contribution in [0.25, 0.3) is 0 Å². The molecule has 7 heteroatoms. The Kier molecular flexibility index (Phi) is 8.04. The summed E-state index contributed by atoms with van der Waals surface area (Å²) in [7, 11) is 1.70. The monoisotopic (exact) mass is 343 g/mol. The summed E-state index contributed by atoms with van der Waals surface area (Å²) in [6.07, 6.45) is 3.13. The third-order valence-electron chi connectivity index (χ3n) is 3.95. The quantitative estimate of drug-likeness (QED) is 0.373. The summed E-state index contributed by atoms with van der Waals surface area (Å²) < 4.78 is 26.2. The minimum Gasteiger partial charge on any atom is -0.368 e. The standard InChI is InChI=1S/C17H27F2N3O2/c1-12(2)6-16(17(20)24)21(3)8-13(7-14(18)11-23)4-5-22-9-15(19)10-22/h7-8,11-12,15-16H,4-6,9-10H2,1-3H3,(H2,20,24)/b13-8-,14-7+. The number of aldehydes is 1. The topological polar surface area (TPSA) is 66.6 Å². The summed E-state index contributed by atoms with van der Waals surface area (Å²) in [5, 5.41) is 0. The summed E-state index contributed by atoms with van der Waals surface area (Å²) >= 11 is 0. The van der Waals surface area contributed by atoms with Crippen molar-refractivity contribution < 1.29 is 18.4 Å². The van der Waals surface area contributed by atoms with Gasteiger partial charge in [0.1, 0.15) is 12.2 Å². The van der Waals surface area contributed by atoms with Crippen molar-refractivity contribution in [2.75, 3.05) is 26.7 Å². The molecule has 1 aliphatic heterocycles. The highest BCUT2D eigenvalue weighted by atomic mass is 19.1. The van der Waals surface area contributed by atoms with Gasteiger partial charge < -0.3 is 10.6 Å². The van der Waals surface area contributed by atoms with E-state index in [-0.39, 0.29) is 12.2 Å². The van der Waals surface area contributed by atoms with Crippen molar-refractivity contribution >= 4 is 12.2 Å². The van der Waals surface area contributed by atoms with E-state index in [0.717, 1.165) is 6.08 Å². The minimum atomic E-state index is -0.888. The Morgan fingerprint density at radius 3 is 2.50 bits per heavy atom. The van der Waals surface area contributed by atoms with Crippen molar-refractivity contribution in [1.82, 2.24) is 9.80 Å². The van der Waals surface area contributed by atoms with Gasteiger partial charge in [-0.15, -0.1) is 0 Å². The van der Waals surface area contributed by atoms with Gasteiger partial charge in [-0.05, 0) is 30.4 Å². The lowest BCUT2D eigenvalue weighted by Gasteiger charge is -2.34. The number of primary amides is 1. The number of nitrogens with zero attached hydrogens (tertiary/aromatic N) is 2. The number of likely N-dealkylation sites (N-methyl/N-ethyl adjacent to an activating group) is 1. The van der Waals surface area contributed by atoms with Crippen molar-refractivity contribution in [3.05, 3.63) is 23.7 Å². The maximum Gasteiger partial charge on any atom is 0.240 e. The lowest BCUT2D eigenvalue weighted by Crippen LogP contribution is -2.48. The predicted molar refractivity (Wildman–Crippen MR) is 89.5 cm³/mol. The second-order valence-corrected chi connectivity index (χ2v) is 6.67. The number of halogens is 2. The number of rotatable bonds is 10. The van der Waals surface area contributed by atoms with Crippen LogP contribution in [0.2, 0.25) is 0 Å². The first-order chi connectivity index (χ1) is 11.2. The van der Waals surface area contributed by atoms with Gasteiger partial charge in [0.15, 0.2) is 12.1 Å². The molecule has 0 spiro atoms. The van der Waals surface area contributed by atoms with Crippen molar-refractivity contribution in [3.63, 3.8) is 0 Å². The fourth-order valence-corrected chi connectivity index (χ4v) is 2.64. The molecule has 1 rings (SSSR count). The van der Waals surface area contributed by atoms with E-state index >= 15 is 0 Å². The minimum absolute atomic E-state index is 0.134. The number of nitrogens with two attached hydrogens (primary N) is 1. The van der Waals surface area contributed by atoms with Crippen molar-refractivity contribution in [2.45, 2.75) is 38.9 Å². The zero-order valence-corrected chi connectivity index (χ0v) is 14.5. The van der Waals surface area contributed by atoms with Gasteiger partial charge >= 0.3 is 0 Å². The van der Waals surface area contributed by atoms with Crippen LogP contribution in [0.5, 0.6) is 0 Å². The second-order valence-electron chi connectivity index (χ2n) is 6.67. The second kappa shape index (κ2) is 9.52. The Hall–Kier alpha value is -1.76. The summed E-state index contributed by atoms with van der Waals surface area (Å²) in [6.45, 7) is 5.28. The van der Waals surface area contributed by atoms with Crippen LogP contribution in [0.1, 0.15) is 26.7 Å². The molecule has 0 aromatic rings. The van der Waals surface area contributed by atoms with Crippen LogP contribution in [0.4, 0.5) is 8.78 Å². The smallest absolute Gasteiger partial charge is 0.240 e. The third-order valence-corrected chi connectivity index (χ3v) is 3.95. The van der Waals surface area contributed by atoms with E-state index in [2.05, 4.69) is 0 Å². The van der Waals surface area contributed by atoms with Crippen LogP contribution < -0.4 is 5.73 Å². The summed E-state index contributed by atoms with van der Waals surface area (Å²) in [6, 6.07) is -0.507. The largest absolute Gasteiger partial charge is 0.368 e. The Morgan fingerprint density at radius 1 is 1.42 bits per heavy atom. The molecule has 0 radical (unpaired) electrons. The van der Waals surface area contributed by atoms with Crippen LogP contribution in [0.3, 0.4) is 0 Å². The SMILES string of the molecule is CC(C)CC(C(N)=O)N(C)/C=C(\C=C(\F)C=O)CCN1CC(F)C1. The molecular weight excluding hydrogens is 316 g/mol. The van der Waals surface area contributed by atoms with Crippen molar-refractivity contribution in [1.29, 1.82) is 0 Å². The Bertz CT molecular complexity index is 500. The van der Waals surface area contributed by atoms with Gasteiger partial charge in [0.05, 0.1) is 0 Å². The molecule has 0 aromatic heterocycles. The highest BCUT2D eigenvalue weighted by Crippen LogP contribution is 2.17. The molecule has 1 amide bonds. The molecule has 0 bridgehead atoms. The molecular formula is C17H27F2N3O2. The molecule has 0 aliphatic carbocycles. The van der Waals surface area contributed by atoms with Crippen molar-refractivity contribution in [2.24, 2.45) is 11.7 Å². The number of carbonyl (C=O) groups is 2. The number of alkyl halides is 1. The molecule has 0 aromatic carbocycles. The van der Waals surface area contributed by atoms with Gasteiger partial charge in [-0.1, -0.05) is 13.8 Å². The molecule has 1 saturated heterocycles. The van der Waals surface area contributed by atoms with Crippen LogP contribution in [0.15, 0.2) is 23.7 Å². The van der Waals surface area contributed by atoms with Crippen LogP contribution >= 0.6 is 0 Å². The van der Waals surface area contributed by atoms with E-state index in [1.165, 1.54) is 0 Å². The molecule has 1 heterocycles. The highest BCUT2D eigenvalue weighted by Gasteiger charge is 2.25. The lowest BCUT2D eigenvalue weighted by atomic mass is 10.0. The third kappa shape index (κ3) is 6.78. The van der Waals surface area contributed by atoms with E-state index in [4.69, 9.17) is 5.73 Å². The summed E-state index contributed by atoms with van der Waals surface area (Å²) in [5.41, 5.74) is 6.01. The Morgan fingerprint density at radius 2 is 2.04 bits per heavy atom. The Labute approximate surface area is 142 Å². The lowest BCUT2D eigenvalue weighted by molar-refractivity contribution is -0.122. The first kappa shape index (κ1) is 20.3. The van der Waals surface area contributed by atoms with E-state index in [1.54, 1.807) is 18.1 Å². The van der Waals surface area contributed by atoms with Gasteiger partial charge in [-0.2, -0.15) is 0 Å². The normalized spacial score (nSPS) is 18.4. The first-order valence-corrected chi connectivity index (χ1v) is 8.13. The van der Waals surface area contributed by atoms with E-state index in [1.807, 2.05) is 18.7 Å². The molecule has 1 unspecified atom stereocenters. The molecule has 1 aliphatic rings. The van der Waals surface area contributed by atoms with Crippen molar-refractivity contribution in [3.8, 4) is 0 Å².